The molecule has 3 amide bonds. The van der Waals surface area contributed by atoms with E-state index in [4.69, 9.17) is 11.6 Å². The Labute approximate surface area is 160 Å². The van der Waals surface area contributed by atoms with Crippen LogP contribution in [0.2, 0.25) is 5.02 Å². The Hall–Kier alpha value is -2.31. The first kappa shape index (κ1) is 18.5. The van der Waals surface area contributed by atoms with Crippen molar-refractivity contribution < 1.29 is 14.4 Å². The SMILES string of the molecule is CSCC[C@H](C(=O)Nc1ccc(Cl)cc1)N1C(=O)c2ccccc2C1=O. The van der Waals surface area contributed by atoms with Gasteiger partial charge in [0.1, 0.15) is 6.04 Å². The lowest BCUT2D eigenvalue weighted by Crippen LogP contribution is -2.47. The molecule has 7 heteroatoms. The number of imide groups is 1. The molecule has 0 saturated carbocycles. The van der Waals surface area contributed by atoms with Crippen molar-refractivity contribution >= 4 is 46.8 Å². The van der Waals surface area contributed by atoms with Crippen molar-refractivity contribution in [3.63, 3.8) is 0 Å². The molecule has 5 nitrogen and oxygen atoms in total. The van der Waals surface area contributed by atoms with Crippen LogP contribution in [0.1, 0.15) is 27.1 Å². The first-order chi connectivity index (χ1) is 12.5. The molecule has 0 bridgehead atoms. The highest BCUT2D eigenvalue weighted by atomic mass is 35.5. The van der Waals surface area contributed by atoms with Gasteiger partial charge >= 0.3 is 0 Å². The van der Waals surface area contributed by atoms with Gasteiger partial charge in [0.25, 0.3) is 11.8 Å². The molecule has 0 radical (unpaired) electrons. The molecule has 2 aromatic carbocycles. The Balaban J connectivity index is 1.86. The van der Waals surface area contributed by atoms with Crippen LogP contribution in [0.3, 0.4) is 0 Å². The summed E-state index contributed by atoms with van der Waals surface area (Å²) in [6, 6.07) is 12.4. The summed E-state index contributed by atoms with van der Waals surface area (Å²) in [7, 11) is 0. The third kappa shape index (κ3) is 3.61. The van der Waals surface area contributed by atoms with Crippen molar-refractivity contribution in [2.24, 2.45) is 0 Å². The number of hydrogen-bond donors (Lipinski definition) is 1. The second kappa shape index (κ2) is 7.93. The maximum absolute atomic E-state index is 12.8. The number of rotatable bonds is 6. The number of amides is 3. The van der Waals surface area contributed by atoms with E-state index in [9.17, 15) is 14.4 Å². The second-order valence-corrected chi connectivity index (χ2v) is 7.24. The third-order valence-electron chi connectivity index (χ3n) is 4.15. The predicted octanol–water partition coefficient (Wildman–Crippen LogP) is 3.70. The number of benzene rings is 2. The number of hydrogen-bond acceptors (Lipinski definition) is 4. The molecule has 1 aliphatic heterocycles. The van der Waals surface area contributed by atoms with Crippen LogP contribution >= 0.6 is 23.4 Å². The number of nitrogens with one attached hydrogen (secondary N) is 1. The summed E-state index contributed by atoms with van der Waals surface area (Å²) in [5.74, 6) is -0.603. The van der Waals surface area contributed by atoms with Crippen molar-refractivity contribution in [1.29, 1.82) is 0 Å². The van der Waals surface area contributed by atoms with E-state index in [2.05, 4.69) is 5.32 Å². The summed E-state index contributed by atoms with van der Waals surface area (Å²) < 4.78 is 0. The Morgan fingerprint density at radius 1 is 1.08 bits per heavy atom. The lowest BCUT2D eigenvalue weighted by atomic mass is 10.1. The number of carbonyl (C=O) groups excluding carboxylic acids is 3. The van der Waals surface area contributed by atoms with E-state index in [1.165, 1.54) is 0 Å². The molecular formula is C19H17ClN2O3S. The van der Waals surface area contributed by atoms with Gasteiger partial charge in [-0.15, -0.1) is 0 Å². The zero-order valence-corrected chi connectivity index (χ0v) is 15.6. The summed E-state index contributed by atoms with van der Waals surface area (Å²) in [5, 5.41) is 3.33. The molecule has 1 aliphatic rings. The Morgan fingerprint density at radius 2 is 1.65 bits per heavy atom. The van der Waals surface area contributed by atoms with Gasteiger partial charge in [0.2, 0.25) is 5.91 Å². The molecule has 1 heterocycles. The molecule has 0 fully saturated rings. The van der Waals surface area contributed by atoms with Crippen LogP contribution < -0.4 is 5.32 Å². The van der Waals surface area contributed by atoms with Crippen LogP contribution in [-0.2, 0) is 4.79 Å². The van der Waals surface area contributed by atoms with E-state index in [0.29, 0.717) is 34.0 Å². The molecule has 0 saturated heterocycles. The average molecular weight is 389 g/mol. The zero-order valence-electron chi connectivity index (χ0n) is 14.1. The number of carbonyl (C=O) groups is 3. The fourth-order valence-corrected chi connectivity index (χ4v) is 3.44. The van der Waals surface area contributed by atoms with Gasteiger partial charge in [-0.05, 0) is 54.8 Å². The van der Waals surface area contributed by atoms with Crippen LogP contribution in [0.5, 0.6) is 0 Å². The zero-order chi connectivity index (χ0) is 18.7. The van der Waals surface area contributed by atoms with Crippen molar-refractivity contribution in [3.8, 4) is 0 Å². The fourth-order valence-electron chi connectivity index (χ4n) is 2.86. The fraction of sp³-hybridized carbons (Fsp3) is 0.211. The van der Waals surface area contributed by atoms with E-state index in [0.717, 1.165) is 4.90 Å². The number of fused-ring (bicyclic) bond motifs is 1. The standard InChI is InChI=1S/C19H17ClN2O3S/c1-26-11-10-16(17(23)21-13-8-6-12(20)7-9-13)22-18(24)14-4-2-3-5-15(14)19(22)25/h2-9,16H,10-11H2,1H3,(H,21,23)/t16-/m1/s1. The maximum Gasteiger partial charge on any atom is 0.262 e. The Morgan fingerprint density at radius 3 is 2.19 bits per heavy atom. The molecule has 1 atom stereocenters. The van der Waals surface area contributed by atoms with Crippen LogP contribution in [0.15, 0.2) is 48.5 Å². The van der Waals surface area contributed by atoms with Crippen LogP contribution in [-0.4, -0.2) is 40.7 Å². The van der Waals surface area contributed by atoms with Crippen molar-refractivity contribution in [2.45, 2.75) is 12.5 Å². The van der Waals surface area contributed by atoms with Crippen molar-refractivity contribution in [2.75, 3.05) is 17.3 Å². The first-order valence-corrected chi connectivity index (χ1v) is 9.82. The molecule has 0 unspecified atom stereocenters. The topological polar surface area (TPSA) is 66.5 Å². The highest BCUT2D eigenvalue weighted by Gasteiger charge is 2.42. The molecule has 1 N–H and O–H groups in total. The Bertz CT molecular complexity index is 819. The van der Waals surface area contributed by atoms with Gasteiger partial charge in [0.05, 0.1) is 11.1 Å². The summed E-state index contributed by atoms with van der Waals surface area (Å²) >= 11 is 7.41. The van der Waals surface area contributed by atoms with Gasteiger partial charge in [0.15, 0.2) is 0 Å². The minimum Gasteiger partial charge on any atom is -0.324 e. The molecular weight excluding hydrogens is 372 g/mol. The van der Waals surface area contributed by atoms with Gasteiger partial charge in [0, 0.05) is 10.7 Å². The quantitative estimate of drug-likeness (QED) is 0.766. The Kier molecular flexibility index (Phi) is 5.64. The minimum atomic E-state index is -0.870. The number of halogens is 1. The first-order valence-electron chi connectivity index (χ1n) is 8.05. The normalized spacial score (nSPS) is 14.3. The minimum absolute atomic E-state index is 0.339. The second-order valence-electron chi connectivity index (χ2n) is 5.82. The van der Waals surface area contributed by atoms with Gasteiger partial charge in [-0.3, -0.25) is 19.3 Å². The molecule has 26 heavy (non-hydrogen) atoms. The lowest BCUT2D eigenvalue weighted by Gasteiger charge is -2.25. The van der Waals surface area contributed by atoms with E-state index in [-0.39, 0.29) is 0 Å². The van der Waals surface area contributed by atoms with Gasteiger partial charge in [-0.2, -0.15) is 11.8 Å². The maximum atomic E-state index is 12.8. The van der Waals surface area contributed by atoms with Gasteiger partial charge in [-0.25, -0.2) is 0 Å². The lowest BCUT2D eigenvalue weighted by molar-refractivity contribution is -0.120. The summed E-state index contributed by atoms with van der Waals surface area (Å²) in [4.78, 5) is 39.3. The number of anilines is 1. The van der Waals surface area contributed by atoms with E-state index < -0.39 is 23.8 Å². The average Bonchev–Trinajstić information content (AvgIpc) is 2.89. The van der Waals surface area contributed by atoms with Gasteiger partial charge < -0.3 is 5.32 Å². The highest BCUT2D eigenvalue weighted by Crippen LogP contribution is 2.27. The van der Waals surface area contributed by atoms with Crippen LogP contribution in [0.25, 0.3) is 0 Å². The van der Waals surface area contributed by atoms with Gasteiger partial charge in [-0.1, -0.05) is 23.7 Å². The van der Waals surface area contributed by atoms with E-state index in [1.54, 1.807) is 60.3 Å². The monoisotopic (exact) mass is 388 g/mol. The van der Waals surface area contributed by atoms with Crippen LogP contribution in [0, 0.1) is 0 Å². The molecule has 3 rings (SSSR count). The number of nitrogens with zero attached hydrogens (tertiary/aromatic N) is 1. The molecule has 2 aromatic rings. The van der Waals surface area contributed by atoms with Crippen molar-refractivity contribution in [3.05, 3.63) is 64.7 Å². The molecule has 0 aromatic heterocycles. The van der Waals surface area contributed by atoms with E-state index >= 15 is 0 Å². The molecule has 0 aliphatic carbocycles. The summed E-state index contributed by atoms with van der Waals surface area (Å²) in [5.41, 5.74) is 1.24. The summed E-state index contributed by atoms with van der Waals surface area (Å²) in [6.07, 6.45) is 2.29. The largest absolute Gasteiger partial charge is 0.324 e. The number of thioether (sulfide) groups is 1. The molecule has 134 valence electrons. The van der Waals surface area contributed by atoms with E-state index in [1.807, 2.05) is 6.26 Å². The van der Waals surface area contributed by atoms with Crippen LogP contribution in [0.4, 0.5) is 5.69 Å². The highest BCUT2D eigenvalue weighted by molar-refractivity contribution is 7.98. The summed E-state index contributed by atoms with van der Waals surface area (Å²) in [6.45, 7) is 0. The van der Waals surface area contributed by atoms with Crippen molar-refractivity contribution in [1.82, 2.24) is 4.90 Å². The smallest absolute Gasteiger partial charge is 0.262 e. The third-order valence-corrected chi connectivity index (χ3v) is 5.04. The molecule has 0 spiro atoms. The predicted molar refractivity (Wildman–Crippen MR) is 104 cm³/mol.